The van der Waals surface area contributed by atoms with Gasteiger partial charge >= 0.3 is 0 Å². The second kappa shape index (κ2) is 8.04. The quantitative estimate of drug-likeness (QED) is 0.713. The predicted octanol–water partition coefficient (Wildman–Crippen LogP) is 3.69. The first-order chi connectivity index (χ1) is 11.8. The Morgan fingerprint density at radius 2 is 1.88 bits per heavy atom. The maximum atomic E-state index is 12.1. The Bertz CT molecular complexity index is 796. The molecule has 124 valence electrons. The Balaban J connectivity index is 1.52. The second-order valence-electron chi connectivity index (χ2n) is 5.55. The molecule has 0 spiro atoms. The molecule has 0 aliphatic rings. The van der Waals surface area contributed by atoms with Crippen molar-refractivity contribution in [3.05, 3.63) is 64.7 Å². The van der Waals surface area contributed by atoms with Crippen molar-refractivity contribution in [3.8, 4) is 0 Å². The Morgan fingerprint density at radius 3 is 2.67 bits per heavy atom. The maximum absolute atomic E-state index is 12.1. The van der Waals surface area contributed by atoms with Gasteiger partial charge in [-0.05, 0) is 23.3 Å². The topological polar surface area (TPSA) is 51.2 Å². The van der Waals surface area contributed by atoms with Crippen molar-refractivity contribution in [2.75, 3.05) is 7.11 Å². The highest BCUT2D eigenvalue weighted by atomic mass is 32.1. The highest BCUT2D eigenvalue weighted by Gasteiger charge is 2.08. The molecule has 1 aromatic heterocycles. The number of hydrogen-bond acceptors (Lipinski definition) is 4. The number of fused-ring (bicyclic) bond motifs is 1. The van der Waals surface area contributed by atoms with Crippen molar-refractivity contribution in [2.45, 2.75) is 26.0 Å². The summed E-state index contributed by atoms with van der Waals surface area (Å²) in [5.74, 6) is 0.0430. The molecule has 24 heavy (non-hydrogen) atoms. The van der Waals surface area contributed by atoms with Gasteiger partial charge in [0.05, 0.1) is 21.8 Å². The van der Waals surface area contributed by atoms with Gasteiger partial charge in [0.25, 0.3) is 0 Å². The number of nitrogens with one attached hydrogen (secondary N) is 1. The van der Waals surface area contributed by atoms with E-state index in [1.165, 1.54) is 4.70 Å². The van der Waals surface area contributed by atoms with E-state index in [4.69, 9.17) is 4.74 Å². The van der Waals surface area contributed by atoms with Gasteiger partial charge in [-0.2, -0.15) is 0 Å². The first-order valence-corrected chi connectivity index (χ1v) is 8.75. The minimum Gasteiger partial charge on any atom is -0.380 e. The van der Waals surface area contributed by atoms with Crippen molar-refractivity contribution >= 4 is 27.5 Å². The molecule has 1 N–H and O–H groups in total. The number of thiazole rings is 1. The van der Waals surface area contributed by atoms with Crippen molar-refractivity contribution in [3.63, 3.8) is 0 Å². The van der Waals surface area contributed by atoms with Crippen LogP contribution in [0.4, 0.5) is 0 Å². The van der Waals surface area contributed by atoms with Crippen molar-refractivity contribution in [1.82, 2.24) is 10.3 Å². The van der Waals surface area contributed by atoms with Gasteiger partial charge < -0.3 is 10.1 Å². The summed E-state index contributed by atoms with van der Waals surface area (Å²) in [5, 5.41) is 3.99. The fourth-order valence-corrected chi connectivity index (χ4v) is 3.52. The van der Waals surface area contributed by atoms with Gasteiger partial charge in [-0.15, -0.1) is 11.3 Å². The number of ether oxygens (including phenoxy) is 1. The number of hydrogen-bond donors (Lipinski definition) is 1. The standard InChI is InChI=1S/C19H20N2O2S/c1-23-13-15-7-3-2-6-14(15)12-20-18(22)10-11-19-21-16-8-4-5-9-17(16)24-19/h2-9H,10-13H2,1H3,(H,20,22). The minimum atomic E-state index is 0.0430. The van der Waals surface area contributed by atoms with E-state index in [0.717, 1.165) is 21.7 Å². The zero-order valence-electron chi connectivity index (χ0n) is 13.6. The van der Waals surface area contributed by atoms with Crippen LogP contribution >= 0.6 is 11.3 Å². The normalized spacial score (nSPS) is 10.9. The molecule has 1 heterocycles. The van der Waals surface area contributed by atoms with Crippen LogP contribution in [0.5, 0.6) is 0 Å². The lowest BCUT2D eigenvalue weighted by molar-refractivity contribution is -0.121. The lowest BCUT2D eigenvalue weighted by Gasteiger charge is -2.09. The van der Waals surface area contributed by atoms with Crippen LogP contribution in [0.25, 0.3) is 10.2 Å². The largest absolute Gasteiger partial charge is 0.380 e. The number of aryl methyl sites for hydroxylation is 1. The van der Waals surface area contributed by atoms with Gasteiger partial charge in [-0.1, -0.05) is 36.4 Å². The molecular formula is C19H20N2O2S. The van der Waals surface area contributed by atoms with Crippen molar-refractivity contribution < 1.29 is 9.53 Å². The number of aromatic nitrogens is 1. The summed E-state index contributed by atoms with van der Waals surface area (Å²) in [6.45, 7) is 1.08. The first-order valence-electron chi connectivity index (χ1n) is 7.93. The predicted molar refractivity (Wildman–Crippen MR) is 96.9 cm³/mol. The van der Waals surface area contributed by atoms with Crippen molar-refractivity contribution in [1.29, 1.82) is 0 Å². The number of carbonyl (C=O) groups is 1. The highest BCUT2D eigenvalue weighted by molar-refractivity contribution is 7.18. The number of benzene rings is 2. The third-order valence-electron chi connectivity index (χ3n) is 3.80. The summed E-state index contributed by atoms with van der Waals surface area (Å²) < 4.78 is 6.36. The minimum absolute atomic E-state index is 0.0430. The van der Waals surface area contributed by atoms with Crippen LogP contribution in [0.1, 0.15) is 22.6 Å². The lowest BCUT2D eigenvalue weighted by Crippen LogP contribution is -2.23. The summed E-state index contributed by atoms with van der Waals surface area (Å²) in [4.78, 5) is 16.7. The second-order valence-corrected chi connectivity index (χ2v) is 6.67. The maximum Gasteiger partial charge on any atom is 0.220 e. The van der Waals surface area contributed by atoms with Crippen LogP contribution in [0.2, 0.25) is 0 Å². The van der Waals surface area contributed by atoms with Crippen molar-refractivity contribution in [2.24, 2.45) is 0 Å². The summed E-state index contributed by atoms with van der Waals surface area (Å²) in [7, 11) is 1.67. The Labute approximate surface area is 145 Å². The first kappa shape index (κ1) is 16.6. The van der Waals surface area contributed by atoms with E-state index < -0.39 is 0 Å². The van der Waals surface area contributed by atoms with E-state index in [0.29, 0.717) is 26.0 Å². The fraction of sp³-hybridized carbons (Fsp3) is 0.263. The van der Waals surface area contributed by atoms with Crippen LogP contribution in [0.15, 0.2) is 48.5 Å². The van der Waals surface area contributed by atoms with Gasteiger partial charge in [0.1, 0.15) is 0 Å². The van der Waals surface area contributed by atoms with E-state index in [9.17, 15) is 4.79 Å². The SMILES string of the molecule is COCc1ccccc1CNC(=O)CCc1nc2ccccc2s1. The number of carbonyl (C=O) groups excluding carboxylic acids is 1. The van der Waals surface area contributed by atoms with E-state index in [1.807, 2.05) is 42.5 Å². The number of amides is 1. The van der Waals surface area contributed by atoms with Gasteiger partial charge in [-0.25, -0.2) is 4.98 Å². The molecule has 0 radical (unpaired) electrons. The summed E-state index contributed by atoms with van der Waals surface area (Å²) in [5.41, 5.74) is 3.20. The molecule has 0 atom stereocenters. The van der Waals surface area contributed by atoms with Crippen LogP contribution in [0.3, 0.4) is 0 Å². The molecule has 0 bridgehead atoms. The molecule has 0 unspecified atom stereocenters. The zero-order valence-corrected chi connectivity index (χ0v) is 14.4. The van der Waals surface area contributed by atoms with E-state index >= 15 is 0 Å². The number of rotatable bonds is 7. The average Bonchev–Trinajstić information content (AvgIpc) is 3.02. The van der Waals surface area contributed by atoms with E-state index in [1.54, 1.807) is 18.4 Å². The fourth-order valence-electron chi connectivity index (χ4n) is 2.56. The molecule has 0 aliphatic carbocycles. The molecule has 4 nitrogen and oxygen atoms in total. The van der Waals surface area contributed by atoms with E-state index in [2.05, 4.69) is 16.4 Å². The summed E-state index contributed by atoms with van der Waals surface area (Å²) in [6, 6.07) is 16.0. The number of methoxy groups -OCH3 is 1. The molecule has 5 heteroatoms. The molecule has 3 aromatic rings. The molecule has 0 saturated carbocycles. The zero-order chi connectivity index (χ0) is 16.8. The van der Waals surface area contributed by atoms with E-state index in [-0.39, 0.29) is 5.91 Å². The van der Waals surface area contributed by atoms with Crippen LogP contribution in [-0.4, -0.2) is 18.0 Å². The molecule has 0 fully saturated rings. The number of para-hydroxylation sites is 1. The van der Waals surface area contributed by atoms with Gasteiger partial charge in [0, 0.05) is 26.5 Å². The van der Waals surface area contributed by atoms with Gasteiger partial charge in [0.2, 0.25) is 5.91 Å². The van der Waals surface area contributed by atoms with Crippen LogP contribution < -0.4 is 5.32 Å². The average molecular weight is 340 g/mol. The lowest BCUT2D eigenvalue weighted by atomic mass is 10.1. The van der Waals surface area contributed by atoms with Gasteiger partial charge in [-0.3, -0.25) is 4.79 Å². The molecule has 3 rings (SSSR count). The Morgan fingerprint density at radius 1 is 1.12 bits per heavy atom. The molecule has 2 aromatic carbocycles. The Hall–Kier alpha value is -2.24. The Kier molecular flexibility index (Phi) is 5.56. The molecular weight excluding hydrogens is 320 g/mol. The monoisotopic (exact) mass is 340 g/mol. The summed E-state index contributed by atoms with van der Waals surface area (Å²) >= 11 is 1.66. The third-order valence-corrected chi connectivity index (χ3v) is 4.89. The molecule has 0 aliphatic heterocycles. The van der Waals surface area contributed by atoms with Crippen LogP contribution in [0, 0.1) is 0 Å². The molecule has 0 saturated heterocycles. The number of nitrogens with zero attached hydrogens (tertiary/aromatic N) is 1. The molecule has 1 amide bonds. The smallest absolute Gasteiger partial charge is 0.220 e. The summed E-state index contributed by atoms with van der Waals surface area (Å²) in [6.07, 6.45) is 1.12. The highest BCUT2D eigenvalue weighted by Crippen LogP contribution is 2.22. The third kappa shape index (κ3) is 4.19. The van der Waals surface area contributed by atoms with Gasteiger partial charge in [0.15, 0.2) is 0 Å². The van der Waals surface area contributed by atoms with Crippen LogP contribution in [-0.2, 0) is 29.1 Å².